The van der Waals surface area contributed by atoms with Crippen molar-refractivity contribution in [2.75, 3.05) is 6.61 Å². The monoisotopic (exact) mass is 399 g/mol. The first-order valence-electron chi connectivity index (χ1n) is 9.23. The van der Waals surface area contributed by atoms with Crippen LogP contribution in [-0.4, -0.2) is 6.61 Å². The Hall–Kier alpha value is -2.56. The van der Waals surface area contributed by atoms with Crippen LogP contribution in [0.3, 0.4) is 0 Å². The first kappa shape index (κ1) is 20.2. The zero-order chi connectivity index (χ0) is 19.8. The van der Waals surface area contributed by atoms with Gasteiger partial charge in [0.1, 0.15) is 12.4 Å². The highest BCUT2D eigenvalue weighted by Gasteiger charge is 2.11. The molecular weight excluding hydrogens is 377 g/mol. The van der Waals surface area contributed by atoms with Crippen LogP contribution in [0.15, 0.2) is 66.7 Å². The highest BCUT2D eigenvalue weighted by atomic mass is 35.5. The molecule has 0 radical (unpaired) electrons. The van der Waals surface area contributed by atoms with Crippen molar-refractivity contribution in [2.24, 2.45) is 0 Å². The summed E-state index contributed by atoms with van der Waals surface area (Å²) in [6, 6.07) is 20.6. The summed E-state index contributed by atoms with van der Waals surface area (Å²) in [4.78, 5) is 0. The van der Waals surface area contributed by atoms with Gasteiger partial charge in [0, 0.05) is 18.7 Å². The Morgan fingerprint density at radius 2 is 1.64 bits per heavy atom. The zero-order valence-electron chi connectivity index (χ0n) is 15.8. The Bertz CT molecular complexity index is 882. The van der Waals surface area contributed by atoms with E-state index in [1.165, 1.54) is 11.6 Å². The molecule has 3 aromatic carbocycles. The van der Waals surface area contributed by atoms with Crippen molar-refractivity contribution in [2.45, 2.75) is 26.6 Å². The van der Waals surface area contributed by atoms with Crippen molar-refractivity contribution in [1.29, 1.82) is 0 Å². The Morgan fingerprint density at radius 3 is 2.39 bits per heavy atom. The van der Waals surface area contributed by atoms with Crippen molar-refractivity contribution < 1.29 is 13.9 Å². The minimum atomic E-state index is -0.382. The van der Waals surface area contributed by atoms with Crippen molar-refractivity contribution in [3.8, 4) is 11.5 Å². The smallest absolute Gasteiger partial charge is 0.161 e. The van der Waals surface area contributed by atoms with Gasteiger partial charge in [0.15, 0.2) is 11.5 Å². The fourth-order valence-electron chi connectivity index (χ4n) is 2.82. The third-order valence-corrected chi connectivity index (χ3v) is 4.60. The summed E-state index contributed by atoms with van der Waals surface area (Å²) in [5, 5.41) is 3.76. The highest BCUT2D eigenvalue weighted by molar-refractivity contribution is 6.31. The summed E-state index contributed by atoms with van der Waals surface area (Å²) < 4.78 is 25.4. The molecule has 0 unspecified atom stereocenters. The summed E-state index contributed by atoms with van der Waals surface area (Å²) in [5.74, 6) is 0.814. The largest absolute Gasteiger partial charge is 0.490 e. The predicted octanol–water partition coefficient (Wildman–Crippen LogP) is 5.75. The molecule has 0 aliphatic rings. The zero-order valence-corrected chi connectivity index (χ0v) is 16.5. The Kier molecular flexibility index (Phi) is 7.29. The second-order valence-corrected chi connectivity index (χ2v) is 6.70. The molecule has 28 heavy (non-hydrogen) atoms. The molecule has 0 aliphatic carbocycles. The molecule has 146 valence electrons. The molecule has 0 fully saturated rings. The average Bonchev–Trinajstić information content (AvgIpc) is 2.70. The Balaban J connectivity index is 1.65. The number of ether oxygens (including phenoxy) is 2. The van der Waals surface area contributed by atoms with E-state index in [-0.39, 0.29) is 12.4 Å². The lowest BCUT2D eigenvalue weighted by Gasteiger charge is -2.15. The number of hydrogen-bond acceptors (Lipinski definition) is 3. The summed E-state index contributed by atoms with van der Waals surface area (Å²) in [6.45, 7) is 3.95. The van der Waals surface area contributed by atoms with Gasteiger partial charge < -0.3 is 14.8 Å². The highest BCUT2D eigenvalue weighted by Crippen LogP contribution is 2.30. The maximum Gasteiger partial charge on any atom is 0.161 e. The SMILES string of the molecule is CCOc1cc(CNCc2ccccc2)ccc1OCc1c(F)cccc1Cl. The number of benzene rings is 3. The van der Waals surface area contributed by atoms with Gasteiger partial charge in [0.2, 0.25) is 0 Å². The first-order chi connectivity index (χ1) is 13.7. The predicted molar refractivity (Wildman–Crippen MR) is 110 cm³/mol. The third kappa shape index (κ3) is 5.47. The first-order valence-corrected chi connectivity index (χ1v) is 9.61. The summed E-state index contributed by atoms with van der Waals surface area (Å²) in [6.07, 6.45) is 0. The quantitative estimate of drug-likeness (QED) is 0.497. The molecule has 0 heterocycles. The Labute approximate surface area is 170 Å². The van der Waals surface area contributed by atoms with Crippen LogP contribution in [0.4, 0.5) is 4.39 Å². The van der Waals surface area contributed by atoms with Crippen molar-refractivity contribution >= 4 is 11.6 Å². The maximum absolute atomic E-state index is 13.9. The molecule has 0 spiro atoms. The second kappa shape index (κ2) is 10.1. The molecule has 0 atom stereocenters. The van der Waals surface area contributed by atoms with E-state index in [1.807, 2.05) is 43.3 Å². The van der Waals surface area contributed by atoms with E-state index in [9.17, 15) is 4.39 Å². The van der Waals surface area contributed by atoms with E-state index in [0.717, 1.165) is 12.1 Å². The maximum atomic E-state index is 13.9. The topological polar surface area (TPSA) is 30.5 Å². The van der Waals surface area contributed by atoms with Crippen LogP contribution in [0.25, 0.3) is 0 Å². The fourth-order valence-corrected chi connectivity index (χ4v) is 3.03. The summed E-state index contributed by atoms with van der Waals surface area (Å²) in [5.41, 5.74) is 2.64. The van der Waals surface area contributed by atoms with E-state index < -0.39 is 0 Å². The number of nitrogens with one attached hydrogen (secondary N) is 1. The van der Waals surface area contributed by atoms with E-state index in [2.05, 4.69) is 17.4 Å². The van der Waals surface area contributed by atoms with E-state index in [0.29, 0.717) is 35.2 Å². The van der Waals surface area contributed by atoms with Crippen molar-refractivity contribution in [3.63, 3.8) is 0 Å². The van der Waals surface area contributed by atoms with E-state index in [1.54, 1.807) is 12.1 Å². The van der Waals surface area contributed by atoms with Crippen LogP contribution in [0.2, 0.25) is 5.02 Å². The van der Waals surface area contributed by atoms with Gasteiger partial charge >= 0.3 is 0 Å². The lowest BCUT2D eigenvalue weighted by molar-refractivity contribution is 0.265. The van der Waals surface area contributed by atoms with Crippen LogP contribution in [0.5, 0.6) is 11.5 Å². The molecular formula is C23H23ClFNO2. The molecule has 5 heteroatoms. The van der Waals surface area contributed by atoms with E-state index >= 15 is 0 Å². The van der Waals surface area contributed by atoms with Gasteiger partial charge in [-0.05, 0) is 42.3 Å². The minimum absolute atomic E-state index is 0.0389. The molecule has 0 saturated heterocycles. The van der Waals surface area contributed by atoms with Crippen LogP contribution in [0, 0.1) is 5.82 Å². The molecule has 3 aromatic rings. The van der Waals surface area contributed by atoms with Gasteiger partial charge in [-0.1, -0.05) is 54.1 Å². The summed E-state index contributed by atoms with van der Waals surface area (Å²) >= 11 is 6.07. The van der Waals surface area contributed by atoms with Crippen LogP contribution in [-0.2, 0) is 19.7 Å². The molecule has 0 saturated carbocycles. The lowest BCUT2D eigenvalue weighted by atomic mass is 10.1. The van der Waals surface area contributed by atoms with Crippen molar-refractivity contribution in [1.82, 2.24) is 5.32 Å². The van der Waals surface area contributed by atoms with Gasteiger partial charge in [-0.2, -0.15) is 0 Å². The molecule has 0 bridgehead atoms. The standard InChI is InChI=1S/C23H23ClFNO2/c1-2-27-23-13-18(15-26-14-17-7-4-3-5-8-17)11-12-22(23)28-16-19-20(24)9-6-10-21(19)25/h3-13,26H,2,14-16H2,1H3. The normalized spacial score (nSPS) is 10.7. The molecule has 0 amide bonds. The van der Waals surface area contributed by atoms with Gasteiger partial charge in [0.25, 0.3) is 0 Å². The van der Waals surface area contributed by atoms with Gasteiger partial charge in [-0.15, -0.1) is 0 Å². The van der Waals surface area contributed by atoms with Gasteiger partial charge in [0.05, 0.1) is 11.6 Å². The van der Waals surface area contributed by atoms with Gasteiger partial charge in [-0.25, -0.2) is 4.39 Å². The minimum Gasteiger partial charge on any atom is -0.490 e. The van der Waals surface area contributed by atoms with Gasteiger partial charge in [-0.3, -0.25) is 0 Å². The molecule has 3 rings (SSSR count). The number of halogens is 2. The van der Waals surface area contributed by atoms with Crippen molar-refractivity contribution in [3.05, 3.63) is 94.3 Å². The van der Waals surface area contributed by atoms with Crippen LogP contribution >= 0.6 is 11.6 Å². The molecule has 1 N–H and O–H groups in total. The second-order valence-electron chi connectivity index (χ2n) is 6.29. The lowest BCUT2D eigenvalue weighted by Crippen LogP contribution is -2.12. The molecule has 0 aliphatic heterocycles. The fraction of sp³-hybridized carbons (Fsp3) is 0.217. The third-order valence-electron chi connectivity index (χ3n) is 4.24. The summed E-state index contributed by atoms with van der Waals surface area (Å²) in [7, 11) is 0. The van der Waals surface area contributed by atoms with Crippen LogP contribution in [0.1, 0.15) is 23.6 Å². The van der Waals surface area contributed by atoms with Crippen LogP contribution < -0.4 is 14.8 Å². The average molecular weight is 400 g/mol. The van der Waals surface area contributed by atoms with E-state index in [4.69, 9.17) is 21.1 Å². The molecule has 3 nitrogen and oxygen atoms in total. The molecule has 0 aromatic heterocycles. The number of hydrogen-bond donors (Lipinski definition) is 1. The number of rotatable bonds is 9. The Morgan fingerprint density at radius 1 is 0.857 bits per heavy atom.